The van der Waals surface area contributed by atoms with Crippen molar-refractivity contribution < 1.29 is 14.7 Å². The highest BCUT2D eigenvalue weighted by molar-refractivity contribution is 9.10. The monoisotopic (exact) mass is 339 g/mol. The van der Waals surface area contributed by atoms with Gasteiger partial charge in [0.25, 0.3) is 0 Å². The molecule has 1 amide bonds. The first-order valence-electron chi connectivity index (χ1n) is 6.85. The lowest BCUT2D eigenvalue weighted by Crippen LogP contribution is -2.30. The van der Waals surface area contributed by atoms with Crippen molar-refractivity contribution >= 4 is 33.5 Å². The molecule has 1 aromatic carbocycles. The van der Waals surface area contributed by atoms with Crippen LogP contribution in [0.25, 0.3) is 0 Å². The van der Waals surface area contributed by atoms with E-state index in [1.165, 1.54) is 0 Å². The van der Waals surface area contributed by atoms with Gasteiger partial charge in [-0.1, -0.05) is 29.3 Å². The summed E-state index contributed by atoms with van der Waals surface area (Å²) in [5.41, 5.74) is 1.81. The minimum Gasteiger partial charge on any atom is -0.481 e. The zero-order valence-electron chi connectivity index (χ0n) is 11.4. The first kappa shape index (κ1) is 15.0. The minimum absolute atomic E-state index is 0.174. The predicted octanol–water partition coefficient (Wildman–Crippen LogP) is 3.45. The van der Waals surface area contributed by atoms with E-state index in [-0.39, 0.29) is 5.91 Å². The summed E-state index contributed by atoms with van der Waals surface area (Å²) in [7, 11) is 0. The van der Waals surface area contributed by atoms with E-state index < -0.39 is 17.8 Å². The van der Waals surface area contributed by atoms with Crippen molar-refractivity contribution in [3.8, 4) is 0 Å². The second-order valence-electron chi connectivity index (χ2n) is 5.13. The van der Waals surface area contributed by atoms with Gasteiger partial charge in [0.1, 0.15) is 0 Å². The predicted molar refractivity (Wildman–Crippen MR) is 80.6 cm³/mol. The molecule has 2 rings (SSSR count). The summed E-state index contributed by atoms with van der Waals surface area (Å²) >= 11 is 3.41. The number of nitrogens with one attached hydrogen (secondary N) is 1. The summed E-state index contributed by atoms with van der Waals surface area (Å²) in [6.45, 7) is 2.02. The Morgan fingerprint density at radius 3 is 2.70 bits per heavy atom. The summed E-state index contributed by atoms with van der Waals surface area (Å²) in [5.74, 6) is -2.00. The Bertz CT molecular complexity index is 530. The third-order valence-electron chi connectivity index (χ3n) is 3.88. The molecule has 0 unspecified atom stereocenters. The maximum absolute atomic E-state index is 12.3. The lowest BCUT2D eigenvalue weighted by atomic mass is 9.95. The van der Waals surface area contributed by atoms with Gasteiger partial charge in [-0.05, 0) is 43.0 Å². The van der Waals surface area contributed by atoms with Crippen LogP contribution >= 0.6 is 15.9 Å². The third-order valence-corrected chi connectivity index (χ3v) is 4.37. The number of aliphatic carboxylic acids is 1. The van der Waals surface area contributed by atoms with Gasteiger partial charge in [-0.2, -0.15) is 0 Å². The lowest BCUT2D eigenvalue weighted by Gasteiger charge is -2.17. The fourth-order valence-electron chi connectivity index (χ4n) is 2.77. The van der Waals surface area contributed by atoms with Crippen LogP contribution in [0.1, 0.15) is 31.7 Å². The van der Waals surface area contributed by atoms with Gasteiger partial charge in [0.15, 0.2) is 0 Å². The molecule has 1 saturated carbocycles. The molecule has 2 N–H and O–H groups in total. The highest BCUT2D eigenvalue weighted by Crippen LogP contribution is 2.33. The van der Waals surface area contributed by atoms with E-state index in [4.69, 9.17) is 5.11 Å². The molecule has 1 fully saturated rings. The van der Waals surface area contributed by atoms with Crippen LogP contribution in [0.15, 0.2) is 22.7 Å². The van der Waals surface area contributed by atoms with E-state index >= 15 is 0 Å². The zero-order valence-corrected chi connectivity index (χ0v) is 12.9. The van der Waals surface area contributed by atoms with Crippen molar-refractivity contribution in [2.45, 2.75) is 32.6 Å². The Morgan fingerprint density at radius 2 is 2.05 bits per heavy atom. The van der Waals surface area contributed by atoms with Crippen molar-refractivity contribution in [1.82, 2.24) is 0 Å². The van der Waals surface area contributed by atoms with Crippen molar-refractivity contribution in [3.05, 3.63) is 28.2 Å². The number of carboxylic acid groups (broad SMARTS) is 1. The van der Waals surface area contributed by atoms with Crippen molar-refractivity contribution in [2.75, 3.05) is 5.32 Å². The van der Waals surface area contributed by atoms with Crippen LogP contribution < -0.4 is 5.32 Å². The van der Waals surface area contributed by atoms with E-state index in [1.54, 1.807) is 0 Å². The topological polar surface area (TPSA) is 66.4 Å². The number of carbonyl (C=O) groups is 2. The second kappa shape index (κ2) is 6.39. The Morgan fingerprint density at radius 1 is 1.35 bits per heavy atom. The third kappa shape index (κ3) is 3.20. The van der Waals surface area contributed by atoms with Crippen molar-refractivity contribution in [1.29, 1.82) is 0 Å². The molecule has 4 nitrogen and oxygen atoms in total. The first-order valence-corrected chi connectivity index (χ1v) is 7.64. The van der Waals surface area contributed by atoms with Crippen molar-refractivity contribution in [2.24, 2.45) is 11.8 Å². The largest absolute Gasteiger partial charge is 0.481 e. The summed E-state index contributed by atoms with van der Waals surface area (Å²) in [5, 5.41) is 12.0. The molecule has 2 atom stereocenters. The molecule has 1 aliphatic carbocycles. The molecule has 1 aliphatic rings. The molecule has 0 radical (unpaired) electrons. The number of hydrogen-bond donors (Lipinski definition) is 2. The minimum atomic E-state index is -0.867. The van der Waals surface area contributed by atoms with E-state index in [2.05, 4.69) is 21.2 Å². The number of anilines is 1. The zero-order chi connectivity index (χ0) is 14.7. The lowest BCUT2D eigenvalue weighted by molar-refractivity contribution is -0.145. The van der Waals surface area contributed by atoms with E-state index in [1.807, 2.05) is 25.1 Å². The fourth-order valence-corrected chi connectivity index (χ4v) is 3.18. The normalized spacial score (nSPS) is 21.7. The summed E-state index contributed by atoms with van der Waals surface area (Å²) in [4.78, 5) is 23.4. The number of aryl methyl sites for hydroxylation is 1. The molecule has 5 heteroatoms. The average molecular weight is 340 g/mol. The molecule has 0 aliphatic heterocycles. The Hall–Kier alpha value is -1.36. The maximum atomic E-state index is 12.3. The first-order chi connectivity index (χ1) is 9.52. The van der Waals surface area contributed by atoms with Crippen LogP contribution in [0.2, 0.25) is 0 Å². The standard InChI is InChI=1S/C15H18BrNO3/c1-2-9-8-10(16)6-7-13(9)17-14(18)11-4-3-5-12(11)15(19)20/h6-8,11-12H,2-5H2,1H3,(H,17,18)(H,19,20)/t11-,12+/m1/s1. The van der Waals surface area contributed by atoms with Gasteiger partial charge in [-0.15, -0.1) is 0 Å². The SMILES string of the molecule is CCc1cc(Br)ccc1NC(=O)[C@@H]1CCC[C@@H]1C(=O)O. The molecule has 1 aromatic rings. The number of amides is 1. The highest BCUT2D eigenvalue weighted by Gasteiger charge is 2.37. The van der Waals surface area contributed by atoms with Crippen molar-refractivity contribution in [3.63, 3.8) is 0 Å². The highest BCUT2D eigenvalue weighted by atomic mass is 79.9. The van der Waals surface area contributed by atoms with E-state index in [0.717, 1.165) is 28.6 Å². The quantitative estimate of drug-likeness (QED) is 0.882. The van der Waals surface area contributed by atoms with Crippen LogP contribution in [0.5, 0.6) is 0 Å². The van der Waals surface area contributed by atoms with Gasteiger partial charge in [0, 0.05) is 10.2 Å². The van der Waals surface area contributed by atoms with Gasteiger partial charge in [0.2, 0.25) is 5.91 Å². The van der Waals surface area contributed by atoms with E-state index in [0.29, 0.717) is 12.8 Å². The molecule has 0 heterocycles. The number of carbonyl (C=O) groups excluding carboxylic acids is 1. The second-order valence-corrected chi connectivity index (χ2v) is 6.04. The number of hydrogen-bond acceptors (Lipinski definition) is 2. The summed E-state index contributed by atoms with van der Waals surface area (Å²) < 4.78 is 0.969. The van der Waals surface area contributed by atoms with Gasteiger partial charge in [0.05, 0.1) is 11.8 Å². The van der Waals surface area contributed by atoms with Crippen LogP contribution in [-0.2, 0) is 16.0 Å². The summed E-state index contributed by atoms with van der Waals surface area (Å²) in [6.07, 6.45) is 2.85. The Labute approximate surface area is 126 Å². The molecular formula is C15H18BrNO3. The molecule has 0 saturated heterocycles. The number of carboxylic acids is 1. The van der Waals surface area contributed by atoms with Crippen LogP contribution in [0.4, 0.5) is 5.69 Å². The molecule has 108 valence electrons. The maximum Gasteiger partial charge on any atom is 0.307 e. The average Bonchev–Trinajstić information content (AvgIpc) is 2.90. The number of benzene rings is 1. The van der Waals surface area contributed by atoms with Gasteiger partial charge in [-0.3, -0.25) is 9.59 Å². The Balaban J connectivity index is 2.13. The number of rotatable bonds is 4. The molecule has 20 heavy (non-hydrogen) atoms. The van der Waals surface area contributed by atoms with Crippen LogP contribution in [-0.4, -0.2) is 17.0 Å². The van der Waals surface area contributed by atoms with Gasteiger partial charge < -0.3 is 10.4 Å². The molecule has 0 spiro atoms. The molecular weight excluding hydrogens is 322 g/mol. The fraction of sp³-hybridized carbons (Fsp3) is 0.467. The van der Waals surface area contributed by atoms with Gasteiger partial charge in [-0.25, -0.2) is 0 Å². The number of halogens is 1. The van der Waals surface area contributed by atoms with Crippen LogP contribution in [0, 0.1) is 11.8 Å². The molecule has 0 aromatic heterocycles. The smallest absolute Gasteiger partial charge is 0.307 e. The van der Waals surface area contributed by atoms with E-state index in [9.17, 15) is 9.59 Å². The Kier molecular flexibility index (Phi) is 4.81. The summed E-state index contributed by atoms with van der Waals surface area (Å²) in [6, 6.07) is 5.70. The van der Waals surface area contributed by atoms with Gasteiger partial charge >= 0.3 is 5.97 Å². The molecule has 0 bridgehead atoms. The van der Waals surface area contributed by atoms with Crippen LogP contribution in [0.3, 0.4) is 0 Å².